The molecular formula is C13H14ClNO3. The van der Waals surface area contributed by atoms with E-state index in [1.165, 1.54) is 4.90 Å². The van der Waals surface area contributed by atoms with Gasteiger partial charge in [0, 0.05) is 12.1 Å². The Hall–Kier alpha value is -1.55. The first kappa shape index (κ1) is 12.9. The van der Waals surface area contributed by atoms with Crippen molar-refractivity contribution in [1.29, 1.82) is 0 Å². The van der Waals surface area contributed by atoms with Crippen molar-refractivity contribution in [3.05, 3.63) is 29.8 Å². The smallest absolute Gasteiger partial charge is 0.254 e. The van der Waals surface area contributed by atoms with E-state index in [2.05, 4.69) is 0 Å². The summed E-state index contributed by atoms with van der Waals surface area (Å²) < 4.78 is 5.08. The summed E-state index contributed by atoms with van der Waals surface area (Å²) in [6, 6.07) is 6.39. The average Bonchev–Trinajstić information content (AvgIpc) is 2.87. The van der Waals surface area contributed by atoms with Crippen molar-refractivity contribution < 1.29 is 14.3 Å². The highest BCUT2D eigenvalue weighted by atomic mass is 35.5. The first-order valence-electron chi connectivity index (χ1n) is 5.78. The van der Waals surface area contributed by atoms with Crippen LogP contribution in [0.3, 0.4) is 0 Å². The number of nitrogens with zero attached hydrogens (tertiary/aromatic N) is 1. The van der Waals surface area contributed by atoms with E-state index in [4.69, 9.17) is 16.3 Å². The highest BCUT2D eigenvalue weighted by molar-refractivity contribution is 6.64. The lowest BCUT2D eigenvalue weighted by Crippen LogP contribution is -2.38. The number of hydrogen-bond acceptors (Lipinski definition) is 3. The molecule has 0 aromatic heterocycles. The van der Waals surface area contributed by atoms with Crippen LogP contribution in [-0.2, 0) is 4.79 Å². The number of ether oxygens (including phenoxy) is 1. The van der Waals surface area contributed by atoms with Crippen LogP contribution in [0.25, 0.3) is 0 Å². The molecule has 18 heavy (non-hydrogen) atoms. The normalized spacial score (nSPS) is 18.8. The standard InChI is InChI=1S/C13H14ClNO3/c1-18-10-5-2-4-9(8-10)13(17)15-7-3-6-11(15)12(14)16/h2,4-5,8,11H,3,6-7H2,1H3. The van der Waals surface area contributed by atoms with Gasteiger partial charge >= 0.3 is 0 Å². The molecule has 1 aliphatic rings. The van der Waals surface area contributed by atoms with E-state index in [-0.39, 0.29) is 5.91 Å². The third-order valence-electron chi connectivity index (χ3n) is 3.09. The predicted octanol–water partition coefficient (Wildman–Crippen LogP) is 2.07. The minimum absolute atomic E-state index is 0.176. The molecule has 1 unspecified atom stereocenters. The van der Waals surface area contributed by atoms with Crippen LogP contribution in [0.5, 0.6) is 5.75 Å². The Labute approximate surface area is 110 Å². The topological polar surface area (TPSA) is 46.6 Å². The number of rotatable bonds is 3. The summed E-state index contributed by atoms with van der Waals surface area (Å²) in [6.07, 6.45) is 1.44. The summed E-state index contributed by atoms with van der Waals surface area (Å²) in [5, 5.41) is -0.469. The summed E-state index contributed by atoms with van der Waals surface area (Å²) in [6.45, 7) is 0.569. The van der Waals surface area contributed by atoms with Crippen molar-refractivity contribution in [1.82, 2.24) is 4.90 Å². The van der Waals surface area contributed by atoms with Crippen LogP contribution >= 0.6 is 11.6 Å². The molecule has 1 atom stereocenters. The first-order chi connectivity index (χ1) is 8.63. The van der Waals surface area contributed by atoms with E-state index >= 15 is 0 Å². The van der Waals surface area contributed by atoms with E-state index in [1.54, 1.807) is 31.4 Å². The Kier molecular flexibility index (Phi) is 3.87. The van der Waals surface area contributed by atoms with Gasteiger partial charge in [-0.15, -0.1) is 0 Å². The molecule has 1 aromatic rings. The molecule has 1 aliphatic heterocycles. The van der Waals surface area contributed by atoms with Gasteiger partial charge in [-0.1, -0.05) is 6.07 Å². The Balaban J connectivity index is 2.22. The first-order valence-corrected chi connectivity index (χ1v) is 6.15. The second-order valence-electron chi connectivity index (χ2n) is 4.19. The third kappa shape index (κ3) is 2.48. The molecule has 0 saturated carbocycles. The summed E-state index contributed by atoms with van der Waals surface area (Å²) >= 11 is 5.51. The highest BCUT2D eigenvalue weighted by Crippen LogP contribution is 2.23. The van der Waals surface area contributed by atoms with Crippen molar-refractivity contribution in [3.63, 3.8) is 0 Å². The highest BCUT2D eigenvalue weighted by Gasteiger charge is 2.33. The van der Waals surface area contributed by atoms with Gasteiger partial charge in [-0.3, -0.25) is 9.59 Å². The maximum atomic E-state index is 12.3. The molecule has 1 aromatic carbocycles. The lowest BCUT2D eigenvalue weighted by molar-refractivity contribution is -0.115. The quantitative estimate of drug-likeness (QED) is 0.788. The van der Waals surface area contributed by atoms with Crippen molar-refractivity contribution in [2.24, 2.45) is 0 Å². The zero-order valence-corrected chi connectivity index (χ0v) is 10.8. The molecule has 0 N–H and O–H groups in total. The second-order valence-corrected chi connectivity index (χ2v) is 4.57. The van der Waals surface area contributed by atoms with Gasteiger partial charge in [0.05, 0.1) is 7.11 Å². The van der Waals surface area contributed by atoms with Gasteiger partial charge in [-0.25, -0.2) is 0 Å². The van der Waals surface area contributed by atoms with Crippen LogP contribution in [0.4, 0.5) is 0 Å². The van der Waals surface area contributed by atoms with Crippen LogP contribution < -0.4 is 4.74 Å². The molecule has 4 nitrogen and oxygen atoms in total. The van der Waals surface area contributed by atoms with Crippen LogP contribution in [0.1, 0.15) is 23.2 Å². The van der Waals surface area contributed by atoms with E-state index in [1.807, 2.05) is 0 Å². The molecule has 0 bridgehead atoms. The summed E-state index contributed by atoms with van der Waals surface area (Å²) in [4.78, 5) is 25.1. The molecular weight excluding hydrogens is 254 g/mol. The number of benzene rings is 1. The predicted molar refractivity (Wildman–Crippen MR) is 67.9 cm³/mol. The molecule has 5 heteroatoms. The van der Waals surface area contributed by atoms with E-state index in [0.717, 1.165) is 6.42 Å². The molecule has 1 fully saturated rings. The van der Waals surface area contributed by atoms with Crippen molar-refractivity contribution in [2.75, 3.05) is 13.7 Å². The zero-order valence-electron chi connectivity index (χ0n) is 10.1. The van der Waals surface area contributed by atoms with Gasteiger partial charge in [0.1, 0.15) is 11.8 Å². The zero-order chi connectivity index (χ0) is 13.1. The van der Waals surface area contributed by atoms with E-state index in [9.17, 15) is 9.59 Å². The maximum absolute atomic E-state index is 12.3. The number of methoxy groups -OCH3 is 1. The lowest BCUT2D eigenvalue weighted by Gasteiger charge is -2.21. The molecule has 1 heterocycles. The monoisotopic (exact) mass is 267 g/mol. The third-order valence-corrected chi connectivity index (χ3v) is 3.34. The Morgan fingerprint density at radius 1 is 1.44 bits per heavy atom. The summed E-state index contributed by atoms with van der Waals surface area (Å²) in [5.74, 6) is 0.444. The fourth-order valence-corrected chi connectivity index (χ4v) is 2.39. The van der Waals surface area contributed by atoms with Crippen molar-refractivity contribution in [2.45, 2.75) is 18.9 Å². The lowest BCUT2D eigenvalue weighted by atomic mass is 10.1. The molecule has 2 rings (SSSR count). The van der Waals surface area contributed by atoms with Gasteiger partial charge in [0.25, 0.3) is 5.91 Å². The van der Waals surface area contributed by atoms with Gasteiger partial charge in [0.2, 0.25) is 5.24 Å². The number of likely N-dealkylation sites (tertiary alicyclic amines) is 1. The average molecular weight is 268 g/mol. The number of amides is 1. The van der Waals surface area contributed by atoms with Gasteiger partial charge < -0.3 is 9.64 Å². The fraction of sp³-hybridized carbons (Fsp3) is 0.385. The van der Waals surface area contributed by atoms with E-state index in [0.29, 0.717) is 24.3 Å². The molecule has 0 aliphatic carbocycles. The summed E-state index contributed by atoms with van der Waals surface area (Å²) in [7, 11) is 1.55. The summed E-state index contributed by atoms with van der Waals surface area (Å²) in [5.41, 5.74) is 0.513. The van der Waals surface area contributed by atoms with Crippen LogP contribution in [0, 0.1) is 0 Å². The van der Waals surface area contributed by atoms with Crippen molar-refractivity contribution in [3.8, 4) is 5.75 Å². The number of carbonyl (C=O) groups is 2. The minimum Gasteiger partial charge on any atom is -0.497 e. The molecule has 96 valence electrons. The molecule has 1 amide bonds. The number of carbonyl (C=O) groups excluding carboxylic acids is 2. The maximum Gasteiger partial charge on any atom is 0.254 e. The van der Waals surface area contributed by atoms with Crippen molar-refractivity contribution >= 4 is 22.8 Å². The second kappa shape index (κ2) is 5.40. The SMILES string of the molecule is COc1cccc(C(=O)N2CCCC2C(=O)Cl)c1. The molecule has 0 radical (unpaired) electrons. The largest absolute Gasteiger partial charge is 0.497 e. The van der Waals surface area contributed by atoms with Crippen LogP contribution in [0.2, 0.25) is 0 Å². The molecule has 0 spiro atoms. The van der Waals surface area contributed by atoms with Gasteiger partial charge in [-0.05, 0) is 42.6 Å². The van der Waals surface area contributed by atoms with Crippen LogP contribution in [0.15, 0.2) is 24.3 Å². The number of halogens is 1. The fourth-order valence-electron chi connectivity index (χ4n) is 2.17. The van der Waals surface area contributed by atoms with E-state index < -0.39 is 11.3 Å². The Morgan fingerprint density at radius 3 is 2.89 bits per heavy atom. The Bertz CT molecular complexity index is 475. The number of hydrogen-bond donors (Lipinski definition) is 0. The Morgan fingerprint density at radius 2 is 2.22 bits per heavy atom. The van der Waals surface area contributed by atoms with Gasteiger partial charge in [0.15, 0.2) is 0 Å². The minimum atomic E-state index is -0.495. The molecule has 1 saturated heterocycles. The van der Waals surface area contributed by atoms with Crippen LogP contribution in [-0.4, -0.2) is 35.7 Å². The van der Waals surface area contributed by atoms with Gasteiger partial charge in [-0.2, -0.15) is 0 Å².